The van der Waals surface area contributed by atoms with Crippen LogP contribution < -0.4 is 0 Å². The van der Waals surface area contributed by atoms with Gasteiger partial charge < -0.3 is 22.9 Å². The maximum atomic E-state index is 6.85. The molecule has 8 bridgehead atoms. The van der Waals surface area contributed by atoms with Crippen molar-refractivity contribution in [3.05, 3.63) is 206 Å². The minimum atomic E-state index is -0.184. The van der Waals surface area contributed by atoms with E-state index in [0.717, 1.165) is 88.4 Å². The summed E-state index contributed by atoms with van der Waals surface area (Å²) < 4.78 is 13.5. The van der Waals surface area contributed by atoms with Crippen LogP contribution in [0.15, 0.2) is 193 Å². The number of imidazole rings is 1. The van der Waals surface area contributed by atoms with Gasteiger partial charge in [0.25, 0.3) is 0 Å². The first-order valence-electron chi connectivity index (χ1n) is 21.3. The molecule has 64 heavy (non-hydrogen) atoms. The van der Waals surface area contributed by atoms with E-state index in [1.807, 2.05) is 30.3 Å². The Labute approximate surface area is 384 Å². The second kappa shape index (κ2) is 15.4. The molecule has 0 unspecified atom stereocenters. The molecule has 0 atom stereocenters. The van der Waals surface area contributed by atoms with E-state index in [0.29, 0.717) is 16.8 Å². The molecule has 5 heterocycles. The first-order valence-corrected chi connectivity index (χ1v) is 21.3. The number of rotatable bonds is 2. The van der Waals surface area contributed by atoms with Crippen molar-refractivity contribution in [3.8, 4) is 33.8 Å². The van der Waals surface area contributed by atoms with E-state index >= 15 is 0 Å². The van der Waals surface area contributed by atoms with Crippen LogP contribution in [-0.4, -0.2) is 23.5 Å². The molecule has 11 aromatic rings. The smallest absolute Gasteiger partial charge is 0.136 e. The summed E-state index contributed by atoms with van der Waals surface area (Å²) in [4.78, 5) is 10.9. The number of hydrogen-bond acceptors (Lipinski definition) is 3. The molecule has 1 aliphatic heterocycles. The van der Waals surface area contributed by atoms with Crippen molar-refractivity contribution in [2.45, 2.75) is 26.2 Å². The average Bonchev–Trinajstić information content (AvgIpc) is 3.87. The summed E-state index contributed by atoms with van der Waals surface area (Å²) in [5.41, 5.74) is 13.3. The molecule has 0 fully saturated rings. The Bertz CT molecular complexity index is 3840. The largest absolute Gasteiger partial charge is 0.522 e. The van der Waals surface area contributed by atoms with Gasteiger partial charge >= 0.3 is 0 Å². The molecule has 7 aromatic carbocycles. The molecule has 6 nitrogen and oxygen atoms in total. The molecule has 0 saturated carbocycles. The minimum Gasteiger partial charge on any atom is -0.522 e. The van der Waals surface area contributed by atoms with Crippen LogP contribution >= 0.6 is 0 Å². The van der Waals surface area contributed by atoms with E-state index in [4.69, 9.17) is 14.4 Å². The fourth-order valence-corrected chi connectivity index (χ4v) is 9.13. The van der Waals surface area contributed by atoms with E-state index in [1.54, 1.807) is 0 Å². The third kappa shape index (κ3) is 6.56. The summed E-state index contributed by atoms with van der Waals surface area (Å²) in [6.45, 7) is 6.80. The van der Waals surface area contributed by atoms with Crippen LogP contribution in [0.25, 0.3) is 105 Å². The molecule has 0 saturated heterocycles. The molecule has 0 amide bonds. The van der Waals surface area contributed by atoms with E-state index in [9.17, 15) is 0 Å². The van der Waals surface area contributed by atoms with Crippen LogP contribution in [0, 0.1) is 12.1 Å². The number of aromatic nitrogens is 5. The maximum absolute atomic E-state index is 6.85. The van der Waals surface area contributed by atoms with Crippen LogP contribution in [-0.2, 0) is 26.5 Å². The van der Waals surface area contributed by atoms with Crippen molar-refractivity contribution in [2.24, 2.45) is 0 Å². The average molecular weight is 1010 g/mol. The normalized spacial score (nSPS) is 11.9. The quantitative estimate of drug-likeness (QED) is 0.162. The van der Waals surface area contributed by atoms with Crippen molar-refractivity contribution in [1.82, 2.24) is 23.5 Å². The number of fused-ring (bicyclic) bond motifs is 20. The molecule has 1 aliphatic rings. The van der Waals surface area contributed by atoms with Crippen LogP contribution in [0.3, 0.4) is 0 Å². The van der Waals surface area contributed by atoms with Gasteiger partial charge in [0.05, 0.1) is 5.52 Å². The topological polar surface area (TPSA) is 53.2 Å². The molecule has 4 aromatic heterocycles. The summed E-state index contributed by atoms with van der Waals surface area (Å²) in [6.07, 6.45) is 2.15. The second-order valence-electron chi connectivity index (χ2n) is 17.2. The van der Waals surface area contributed by atoms with Gasteiger partial charge in [0, 0.05) is 43.9 Å². The number of hydrogen-bond donors (Lipinski definition) is 0. The summed E-state index contributed by atoms with van der Waals surface area (Å²) in [6, 6.07) is 71.1. The molecule has 0 N–H and O–H groups in total. The SMILES string of the molecule is CC(C)(C)c1cc2nc(c1)n1c3[c-]c(ccc3c3ccccc31)oc1[c-]c(nc(-c3ccccc3)c1)n1[cH-]n(c3c(-c4ccccc4)cccc3c3ccccc23)-c2ccccc2-1.[Pt]. The first kappa shape index (κ1) is 39.4. The Morgan fingerprint density at radius 2 is 1.19 bits per heavy atom. The van der Waals surface area contributed by atoms with Crippen molar-refractivity contribution in [1.29, 1.82) is 0 Å². The third-order valence-corrected chi connectivity index (χ3v) is 12.2. The third-order valence-electron chi connectivity index (χ3n) is 12.2. The molecule has 0 aliphatic carbocycles. The summed E-state index contributed by atoms with van der Waals surface area (Å²) >= 11 is 0. The van der Waals surface area contributed by atoms with Crippen molar-refractivity contribution >= 4 is 71.5 Å². The van der Waals surface area contributed by atoms with Gasteiger partial charge in [0.15, 0.2) is 0 Å². The van der Waals surface area contributed by atoms with Gasteiger partial charge in [-0.15, -0.1) is 23.6 Å². The van der Waals surface area contributed by atoms with Gasteiger partial charge in [-0.25, -0.2) is 11.1 Å². The van der Waals surface area contributed by atoms with Gasteiger partial charge in [-0.1, -0.05) is 172 Å². The Hall–Kier alpha value is -7.40. The minimum absolute atomic E-state index is 0. The molecule has 0 radical (unpaired) electrons. The van der Waals surface area contributed by atoms with E-state index in [2.05, 4.69) is 204 Å². The van der Waals surface area contributed by atoms with E-state index < -0.39 is 0 Å². The van der Waals surface area contributed by atoms with Gasteiger partial charge in [-0.2, -0.15) is 6.07 Å². The fraction of sp³-hybridized carbons (Fsp3) is 0.0702. The Morgan fingerprint density at radius 3 is 1.95 bits per heavy atom. The molecule has 0 spiro atoms. The zero-order valence-corrected chi connectivity index (χ0v) is 37.6. The number of pyridine rings is 2. The zero-order valence-electron chi connectivity index (χ0n) is 35.4. The van der Waals surface area contributed by atoms with Crippen LogP contribution in [0.1, 0.15) is 26.3 Å². The van der Waals surface area contributed by atoms with Crippen molar-refractivity contribution < 1.29 is 25.5 Å². The standard InChI is InChI=1S/C57H40N5O.Pt/c1-57(2,3)39-31-49-44-22-11-10-21-43(44)47-25-16-24-42(37-17-6-4-7-18-37)56(47)61-36-60(51-27-14-15-28-52(51)61)54-35-41(33-48(58-54)38-19-8-5-9-20-38)63-40-29-30-46-45-23-12-13-26-50(45)62(53(46)34-40)55(32-39)59-49;/h4-33,36H,1-3H3;/q-3;. The monoisotopic (exact) mass is 1010 g/mol. The van der Waals surface area contributed by atoms with E-state index in [1.165, 1.54) is 5.56 Å². The number of para-hydroxylation sites is 4. The van der Waals surface area contributed by atoms with Crippen LogP contribution in [0.2, 0.25) is 0 Å². The molecule has 7 heteroatoms. The summed E-state index contributed by atoms with van der Waals surface area (Å²) in [5, 5.41) is 5.35. The Balaban J connectivity index is 0.00000456. The molecular weight excluding hydrogens is 966 g/mol. The summed E-state index contributed by atoms with van der Waals surface area (Å²) in [5.74, 6) is 0. The van der Waals surface area contributed by atoms with Crippen molar-refractivity contribution in [2.75, 3.05) is 0 Å². The first-order chi connectivity index (χ1) is 30.9. The summed E-state index contributed by atoms with van der Waals surface area (Å²) in [7, 11) is 0. The predicted octanol–water partition coefficient (Wildman–Crippen LogP) is 14.5. The predicted molar refractivity (Wildman–Crippen MR) is 258 cm³/mol. The zero-order chi connectivity index (χ0) is 42.2. The van der Waals surface area contributed by atoms with Gasteiger partial charge in [0.1, 0.15) is 5.65 Å². The number of benzene rings is 7. The number of nitrogens with zero attached hydrogens (tertiary/aromatic N) is 5. The molecule has 312 valence electrons. The van der Waals surface area contributed by atoms with Crippen LogP contribution in [0.5, 0.6) is 0 Å². The van der Waals surface area contributed by atoms with Gasteiger partial charge in [-0.3, -0.25) is 0 Å². The van der Waals surface area contributed by atoms with Gasteiger partial charge in [-0.05, 0) is 95.8 Å². The Kier molecular flexibility index (Phi) is 9.52. The second-order valence-corrected chi connectivity index (χ2v) is 17.2. The van der Waals surface area contributed by atoms with Crippen molar-refractivity contribution in [3.63, 3.8) is 0 Å². The fourth-order valence-electron chi connectivity index (χ4n) is 9.13. The Morgan fingerprint density at radius 1 is 0.531 bits per heavy atom. The van der Waals surface area contributed by atoms with E-state index in [-0.39, 0.29) is 26.5 Å². The van der Waals surface area contributed by atoms with Crippen LogP contribution in [0.4, 0.5) is 0 Å². The maximum Gasteiger partial charge on any atom is 0.136 e. The van der Waals surface area contributed by atoms with Gasteiger partial charge in [0.2, 0.25) is 0 Å². The molecule has 12 rings (SSSR count). The molecular formula is C57H40N5OPt-3.